The maximum atomic E-state index is 11.3. The van der Waals surface area contributed by atoms with Crippen LogP contribution in [0.15, 0.2) is 42.7 Å². The van der Waals surface area contributed by atoms with Crippen LogP contribution in [-0.2, 0) is 4.79 Å². The number of anilines is 1. The summed E-state index contributed by atoms with van der Waals surface area (Å²) in [5, 5.41) is 12.2. The van der Waals surface area contributed by atoms with E-state index in [1.165, 1.54) is 0 Å². The topological polar surface area (TPSA) is 75.1 Å². The highest BCUT2D eigenvalue weighted by Crippen LogP contribution is 2.16. The van der Waals surface area contributed by atoms with E-state index in [4.69, 9.17) is 0 Å². The molecular formula is C14H15N3O2. The number of hydrogen-bond acceptors (Lipinski definition) is 4. The first-order valence-electron chi connectivity index (χ1n) is 5.97. The van der Waals surface area contributed by atoms with Crippen LogP contribution in [0.3, 0.4) is 0 Å². The van der Waals surface area contributed by atoms with Crippen LogP contribution in [0.4, 0.5) is 5.95 Å². The lowest BCUT2D eigenvalue weighted by Crippen LogP contribution is -2.21. The Hall–Kier alpha value is -2.43. The highest BCUT2D eigenvalue weighted by molar-refractivity contribution is 5.76. The second-order valence-corrected chi connectivity index (χ2v) is 4.27. The lowest BCUT2D eigenvalue weighted by molar-refractivity contribution is -0.138. The number of carboxylic acid groups (broad SMARTS) is 1. The molecule has 0 saturated carbocycles. The van der Waals surface area contributed by atoms with Crippen molar-refractivity contribution in [3.8, 4) is 0 Å². The van der Waals surface area contributed by atoms with Crippen molar-refractivity contribution in [2.24, 2.45) is 0 Å². The molecule has 98 valence electrons. The number of rotatable bonds is 5. The molecule has 2 N–H and O–H groups in total. The van der Waals surface area contributed by atoms with Crippen molar-refractivity contribution in [1.29, 1.82) is 0 Å². The Morgan fingerprint density at radius 1 is 1.26 bits per heavy atom. The summed E-state index contributed by atoms with van der Waals surface area (Å²) in [6.07, 6.45) is 3.38. The van der Waals surface area contributed by atoms with Crippen LogP contribution < -0.4 is 5.32 Å². The Morgan fingerprint density at radius 3 is 2.47 bits per heavy atom. The Morgan fingerprint density at radius 2 is 1.89 bits per heavy atom. The second kappa shape index (κ2) is 5.95. The van der Waals surface area contributed by atoms with E-state index in [1.807, 2.05) is 25.1 Å². The van der Waals surface area contributed by atoms with Crippen LogP contribution >= 0.6 is 0 Å². The number of carboxylic acids is 1. The number of aliphatic carboxylic acids is 1. The number of aromatic nitrogens is 2. The van der Waals surface area contributed by atoms with Crippen LogP contribution in [-0.4, -0.2) is 27.6 Å². The van der Waals surface area contributed by atoms with Gasteiger partial charge in [-0.05, 0) is 18.1 Å². The first-order chi connectivity index (χ1) is 9.16. The molecule has 0 saturated heterocycles. The molecule has 2 aromatic rings. The molecule has 0 aliphatic rings. The second-order valence-electron chi connectivity index (χ2n) is 4.27. The summed E-state index contributed by atoms with van der Waals surface area (Å²) < 4.78 is 0. The summed E-state index contributed by atoms with van der Waals surface area (Å²) in [4.78, 5) is 19.5. The molecule has 1 aromatic carbocycles. The van der Waals surface area contributed by atoms with Crippen LogP contribution in [0.25, 0.3) is 0 Å². The molecule has 5 nitrogen and oxygen atoms in total. The van der Waals surface area contributed by atoms with E-state index in [2.05, 4.69) is 15.3 Å². The summed E-state index contributed by atoms with van der Waals surface area (Å²) in [6, 6.07) is 9.12. The van der Waals surface area contributed by atoms with Crippen molar-refractivity contribution in [3.05, 3.63) is 53.9 Å². The summed E-state index contributed by atoms with van der Waals surface area (Å²) in [7, 11) is 0. The molecule has 2 rings (SSSR count). The van der Waals surface area contributed by atoms with Crippen LogP contribution in [0.2, 0.25) is 0 Å². The molecule has 1 unspecified atom stereocenters. The highest BCUT2D eigenvalue weighted by atomic mass is 16.4. The van der Waals surface area contributed by atoms with Crippen molar-refractivity contribution in [2.45, 2.75) is 12.8 Å². The van der Waals surface area contributed by atoms with E-state index in [1.54, 1.807) is 24.5 Å². The molecule has 0 radical (unpaired) electrons. The van der Waals surface area contributed by atoms with Crippen LogP contribution in [0, 0.1) is 6.92 Å². The summed E-state index contributed by atoms with van der Waals surface area (Å²) in [5.74, 6) is -1.05. The van der Waals surface area contributed by atoms with Gasteiger partial charge in [-0.15, -0.1) is 0 Å². The van der Waals surface area contributed by atoms with Gasteiger partial charge in [-0.25, -0.2) is 9.97 Å². The zero-order valence-electron chi connectivity index (χ0n) is 10.6. The number of hydrogen-bond donors (Lipinski definition) is 2. The summed E-state index contributed by atoms with van der Waals surface area (Å²) >= 11 is 0. The molecule has 5 heteroatoms. The molecule has 0 spiro atoms. The van der Waals surface area contributed by atoms with Gasteiger partial charge in [0.2, 0.25) is 5.95 Å². The average molecular weight is 257 g/mol. The summed E-state index contributed by atoms with van der Waals surface area (Å²) in [5.41, 5.74) is 1.72. The lowest BCUT2D eigenvalue weighted by Gasteiger charge is -2.13. The minimum Gasteiger partial charge on any atom is -0.481 e. The van der Waals surface area contributed by atoms with E-state index in [0.29, 0.717) is 5.95 Å². The average Bonchev–Trinajstić information content (AvgIpc) is 2.42. The number of nitrogens with one attached hydrogen (secondary N) is 1. The van der Waals surface area contributed by atoms with E-state index in [0.717, 1.165) is 11.1 Å². The van der Waals surface area contributed by atoms with E-state index < -0.39 is 11.9 Å². The molecule has 0 aliphatic heterocycles. The van der Waals surface area contributed by atoms with Gasteiger partial charge in [-0.2, -0.15) is 0 Å². The molecule has 1 heterocycles. The summed E-state index contributed by atoms with van der Waals surface area (Å²) in [6.45, 7) is 2.15. The van der Waals surface area contributed by atoms with Crippen molar-refractivity contribution in [2.75, 3.05) is 11.9 Å². The number of aryl methyl sites for hydroxylation is 1. The smallest absolute Gasteiger partial charge is 0.312 e. The third-order valence-corrected chi connectivity index (χ3v) is 2.75. The van der Waals surface area contributed by atoms with Gasteiger partial charge >= 0.3 is 5.97 Å². The largest absolute Gasteiger partial charge is 0.481 e. The van der Waals surface area contributed by atoms with Crippen molar-refractivity contribution in [3.63, 3.8) is 0 Å². The minimum atomic E-state index is -0.870. The molecule has 1 aromatic heterocycles. The van der Waals surface area contributed by atoms with Crippen molar-refractivity contribution < 1.29 is 9.90 Å². The maximum absolute atomic E-state index is 11.3. The van der Waals surface area contributed by atoms with Gasteiger partial charge < -0.3 is 10.4 Å². The van der Waals surface area contributed by atoms with Gasteiger partial charge in [-0.1, -0.05) is 30.3 Å². The zero-order chi connectivity index (χ0) is 13.7. The zero-order valence-corrected chi connectivity index (χ0v) is 10.6. The molecule has 1 atom stereocenters. The number of nitrogens with zero attached hydrogens (tertiary/aromatic N) is 2. The molecule has 0 amide bonds. The van der Waals surface area contributed by atoms with Crippen LogP contribution in [0.5, 0.6) is 0 Å². The van der Waals surface area contributed by atoms with Gasteiger partial charge in [0, 0.05) is 18.9 Å². The van der Waals surface area contributed by atoms with Gasteiger partial charge in [0.15, 0.2) is 0 Å². The molecule has 19 heavy (non-hydrogen) atoms. The Kier molecular flexibility index (Phi) is 4.07. The van der Waals surface area contributed by atoms with E-state index in [-0.39, 0.29) is 6.54 Å². The third kappa shape index (κ3) is 3.51. The predicted octanol–water partition coefficient (Wildman–Crippen LogP) is 2.07. The number of carbonyl (C=O) groups is 1. The first-order valence-corrected chi connectivity index (χ1v) is 5.97. The van der Waals surface area contributed by atoms with E-state index >= 15 is 0 Å². The van der Waals surface area contributed by atoms with Gasteiger partial charge in [0.1, 0.15) is 0 Å². The highest BCUT2D eigenvalue weighted by Gasteiger charge is 2.19. The standard InChI is InChI=1S/C14H15N3O2/c1-10-7-15-14(16-8-10)17-9-12(13(18)19)11-5-3-2-4-6-11/h2-8,12H,9H2,1H3,(H,18,19)(H,15,16,17). The van der Waals surface area contributed by atoms with Crippen molar-refractivity contribution >= 4 is 11.9 Å². The van der Waals surface area contributed by atoms with Gasteiger partial charge in [-0.3, -0.25) is 4.79 Å². The SMILES string of the molecule is Cc1cnc(NCC(C(=O)O)c2ccccc2)nc1. The molecule has 0 aliphatic carbocycles. The Labute approximate surface area is 111 Å². The first kappa shape index (κ1) is 13.0. The van der Waals surface area contributed by atoms with E-state index in [9.17, 15) is 9.90 Å². The minimum absolute atomic E-state index is 0.252. The fourth-order valence-electron chi connectivity index (χ4n) is 1.71. The molecule has 0 fully saturated rings. The lowest BCUT2D eigenvalue weighted by atomic mass is 9.99. The maximum Gasteiger partial charge on any atom is 0.312 e. The fourth-order valence-corrected chi connectivity index (χ4v) is 1.71. The van der Waals surface area contributed by atoms with Crippen LogP contribution in [0.1, 0.15) is 17.0 Å². The van der Waals surface area contributed by atoms with Gasteiger partial charge in [0.25, 0.3) is 0 Å². The molecular weight excluding hydrogens is 242 g/mol. The number of benzene rings is 1. The van der Waals surface area contributed by atoms with Gasteiger partial charge in [0.05, 0.1) is 5.92 Å². The predicted molar refractivity (Wildman–Crippen MR) is 72.1 cm³/mol. The Balaban J connectivity index is 2.06. The Bertz CT molecular complexity index is 540. The normalized spacial score (nSPS) is 11.8. The fraction of sp³-hybridized carbons (Fsp3) is 0.214. The quantitative estimate of drug-likeness (QED) is 0.857. The van der Waals surface area contributed by atoms with Crippen molar-refractivity contribution in [1.82, 2.24) is 9.97 Å². The molecule has 0 bridgehead atoms. The third-order valence-electron chi connectivity index (χ3n) is 2.75. The monoisotopic (exact) mass is 257 g/mol.